The Morgan fingerprint density at radius 1 is 1.21 bits per heavy atom. The smallest absolute Gasteiger partial charge is 0.325 e. The summed E-state index contributed by atoms with van der Waals surface area (Å²) in [5, 5.41) is 5.98. The molecule has 28 heavy (non-hydrogen) atoms. The molecular weight excluding hydrogens is 358 g/mol. The minimum absolute atomic E-state index is 0.0243. The van der Waals surface area contributed by atoms with Gasteiger partial charge in [0.15, 0.2) is 5.82 Å². The van der Waals surface area contributed by atoms with E-state index in [2.05, 4.69) is 25.6 Å². The number of para-hydroxylation sites is 1. The summed E-state index contributed by atoms with van der Waals surface area (Å²) >= 11 is 0. The molecule has 2 heterocycles. The third kappa shape index (κ3) is 3.23. The first kappa shape index (κ1) is 18.1. The van der Waals surface area contributed by atoms with Gasteiger partial charge in [-0.25, -0.2) is 4.79 Å². The second kappa shape index (κ2) is 7.06. The number of carbonyl (C=O) groups is 2. The van der Waals surface area contributed by atoms with Crippen LogP contribution >= 0.6 is 0 Å². The molecule has 4 N–H and O–H groups in total. The predicted octanol–water partition coefficient (Wildman–Crippen LogP) is 2.20. The number of aromatic nitrogens is 3. The van der Waals surface area contributed by atoms with Gasteiger partial charge in [-0.15, -0.1) is 0 Å². The van der Waals surface area contributed by atoms with Crippen molar-refractivity contribution < 1.29 is 9.59 Å². The average Bonchev–Trinajstić information content (AvgIpc) is 2.90. The van der Waals surface area contributed by atoms with E-state index in [1.807, 2.05) is 37.3 Å². The van der Waals surface area contributed by atoms with E-state index in [1.165, 1.54) is 4.90 Å². The number of anilines is 3. The zero-order valence-corrected chi connectivity index (χ0v) is 15.7. The van der Waals surface area contributed by atoms with E-state index < -0.39 is 11.6 Å². The van der Waals surface area contributed by atoms with Crippen LogP contribution in [0.4, 0.5) is 22.4 Å². The summed E-state index contributed by atoms with van der Waals surface area (Å²) in [6.07, 6.45) is 3.58. The summed E-state index contributed by atoms with van der Waals surface area (Å²) in [7, 11) is 0. The molecule has 9 heteroatoms. The molecule has 2 atom stereocenters. The van der Waals surface area contributed by atoms with Crippen LogP contribution in [0.15, 0.2) is 30.3 Å². The van der Waals surface area contributed by atoms with Crippen molar-refractivity contribution in [1.29, 1.82) is 0 Å². The molecule has 1 aliphatic heterocycles. The molecule has 3 amide bonds. The molecule has 1 saturated heterocycles. The van der Waals surface area contributed by atoms with Gasteiger partial charge in [0.05, 0.1) is 6.54 Å². The number of amides is 3. The van der Waals surface area contributed by atoms with E-state index in [-0.39, 0.29) is 36.1 Å². The first-order valence-electron chi connectivity index (χ1n) is 9.44. The average molecular weight is 381 g/mol. The van der Waals surface area contributed by atoms with Crippen LogP contribution in [0.1, 0.15) is 38.4 Å². The number of benzene rings is 1. The normalized spacial score (nSPS) is 24.5. The van der Waals surface area contributed by atoms with Gasteiger partial charge in [-0.2, -0.15) is 15.0 Å². The minimum Gasteiger partial charge on any atom is -0.368 e. The van der Waals surface area contributed by atoms with E-state index in [0.717, 1.165) is 24.9 Å². The minimum atomic E-state index is -0.807. The lowest BCUT2D eigenvalue weighted by atomic mass is 9.73. The SMILES string of the molecule is C[C@@H]1CCCC[C@]12NC(=O)N(Cc1nc(N)nc(Nc3ccccc3)n1)C2=O. The maximum atomic E-state index is 13.1. The van der Waals surface area contributed by atoms with Crippen molar-refractivity contribution >= 4 is 29.5 Å². The monoisotopic (exact) mass is 381 g/mol. The molecule has 1 saturated carbocycles. The van der Waals surface area contributed by atoms with Crippen LogP contribution in [0.3, 0.4) is 0 Å². The van der Waals surface area contributed by atoms with Crippen molar-refractivity contribution in [2.45, 2.75) is 44.7 Å². The molecule has 4 rings (SSSR count). The number of nitrogens with two attached hydrogens (primary N) is 1. The third-order valence-corrected chi connectivity index (χ3v) is 5.53. The van der Waals surface area contributed by atoms with Gasteiger partial charge >= 0.3 is 6.03 Å². The Morgan fingerprint density at radius 2 is 2.00 bits per heavy atom. The number of imide groups is 1. The summed E-state index contributed by atoms with van der Waals surface area (Å²) in [5.41, 5.74) is 5.80. The van der Waals surface area contributed by atoms with Crippen molar-refractivity contribution in [3.05, 3.63) is 36.2 Å². The summed E-state index contributed by atoms with van der Waals surface area (Å²) in [6, 6.07) is 8.99. The number of carbonyl (C=O) groups excluding carboxylic acids is 2. The molecule has 0 unspecified atom stereocenters. The summed E-state index contributed by atoms with van der Waals surface area (Å²) < 4.78 is 0. The van der Waals surface area contributed by atoms with Gasteiger partial charge in [-0.1, -0.05) is 38.0 Å². The van der Waals surface area contributed by atoms with Gasteiger partial charge in [-0.3, -0.25) is 9.69 Å². The molecule has 1 spiro atoms. The summed E-state index contributed by atoms with van der Waals surface area (Å²) in [4.78, 5) is 39.3. The van der Waals surface area contributed by atoms with Gasteiger partial charge in [-0.05, 0) is 30.9 Å². The molecule has 9 nitrogen and oxygen atoms in total. The molecule has 1 aromatic carbocycles. The third-order valence-electron chi connectivity index (χ3n) is 5.53. The Labute approximate surface area is 162 Å². The number of urea groups is 1. The molecular formula is C19H23N7O2. The summed E-state index contributed by atoms with van der Waals surface area (Å²) in [6.45, 7) is 1.97. The largest absolute Gasteiger partial charge is 0.368 e. The van der Waals surface area contributed by atoms with Crippen LogP contribution in [0.5, 0.6) is 0 Å². The Bertz CT molecular complexity index is 904. The fraction of sp³-hybridized carbons (Fsp3) is 0.421. The van der Waals surface area contributed by atoms with Crippen molar-refractivity contribution in [3.8, 4) is 0 Å². The molecule has 0 radical (unpaired) electrons. The lowest BCUT2D eigenvalue weighted by molar-refractivity contribution is -0.134. The Morgan fingerprint density at radius 3 is 2.75 bits per heavy atom. The second-order valence-corrected chi connectivity index (χ2v) is 7.36. The molecule has 146 valence electrons. The Balaban J connectivity index is 1.55. The van der Waals surface area contributed by atoms with Crippen LogP contribution < -0.4 is 16.4 Å². The number of nitrogens with one attached hydrogen (secondary N) is 2. The number of hydrogen-bond donors (Lipinski definition) is 3. The zero-order valence-electron chi connectivity index (χ0n) is 15.7. The first-order valence-corrected chi connectivity index (χ1v) is 9.44. The van der Waals surface area contributed by atoms with Crippen LogP contribution in [0, 0.1) is 5.92 Å². The highest BCUT2D eigenvalue weighted by molar-refractivity contribution is 6.07. The Kier molecular flexibility index (Phi) is 4.58. The van der Waals surface area contributed by atoms with Gasteiger partial charge in [0.1, 0.15) is 5.54 Å². The van der Waals surface area contributed by atoms with Gasteiger partial charge < -0.3 is 16.4 Å². The lowest BCUT2D eigenvalue weighted by Crippen LogP contribution is -2.53. The number of nitrogens with zero attached hydrogens (tertiary/aromatic N) is 4. The molecule has 1 aliphatic carbocycles. The fourth-order valence-corrected chi connectivity index (χ4v) is 4.00. The standard InChI is InChI=1S/C19H23N7O2/c1-12-7-5-6-10-19(12)15(27)26(18(28)25-19)11-14-22-16(20)24-17(23-14)21-13-8-3-2-4-9-13/h2-4,8-9,12H,5-7,10-11H2,1H3,(H,25,28)(H3,20,21,22,23,24)/t12-,19+/m1/s1. The maximum absolute atomic E-state index is 13.1. The molecule has 2 fully saturated rings. The predicted molar refractivity (Wildman–Crippen MR) is 103 cm³/mol. The number of hydrogen-bond acceptors (Lipinski definition) is 7. The van der Waals surface area contributed by atoms with E-state index >= 15 is 0 Å². The quantitative estimate of drug-likeness (QED) is 0.693. The van der Waals surface area contributed by atoms with E-state index in [9.17, 15) is 9.59 Å². The molecule has 2 aromatic rings. The molecule has 0 bridgehead atoms. The van der Waals surface area contributed by atoms with Crippen LogP contribution in [-0.4, -0.2) is 37.3 Å². The van der Waals surface area contributed by atoms with Crippen LogP contribution in [0.25, 0.3) is 0 Å². The van der Waals surface area contributed by atoms with E-state index in [4.69, 9.17) is 5.73 Å². The van der Waals surface area contributed by atoms with Crippen LogP contribution in [0.2, 0.25) is 0 Å². The van der Waals surface area contributed by atoms with Gasteiger partial charge in [0.25, 0.3) is 5.91 Å². The first-order chi connectivity index (χ1) is 13.5. The molecule has 2 aliphatic rings. The highest BCUT2D eigenvalue weighted by Gasteiger charge is 2.54. The van der Waals surface area contributed by atoms with E-state index in [0.29, 0.717) is 6.42 Å². The Hall–Kier alpha value is -3.23. The number of rotatable bonds is 4. The van der Waals surface area contributed by atoms with Crippen molar-refractivity contribution in [1.82, 2.24) is 25.2 Å². The number of nitrogen functional groups attached to an aromatic ring is 1. The highest BCUT2D eigenvalue weighted by atomic mass is 16.2. The van der Waals surface area contributed by atoms with E-state index in [1.54, 1.807) is 0 Å². The van der Waals surface area contributed by atoms with Crippen molar-refractivity contribution in [3.63, 3.8) is 0 Å². The van der Waals surface area contributed by atoms with Crippen LogP contribution in [-0.2, 0) is 11.3 Å². The lowest BCUT2D eigenvalue weighted by Gasteiger charge is -2.36. The summed E-state index contributed by atoms with van der Waals surface area (Å²) in [5.74, 6) is 0.440. The van der Waals surface area contributed by atoms with Gasteiger partial charge in [0, 0.05) is 5.69 Å². The molecule has 1 aromatic heterocycles. The fourth-order valence-electron chi connectivity index (χ4n) is 4.00. The topological polar surface area (TPSA) is 126 Å². The maximum Gasteiger partial charge on any atom is 0.325 e. The highest BCUT2D eigenvalue weighted by Crippen LogP contribution is 2.38. The van der Waals surface area contributed by atoms with Gasteiger partial charge in [0.2, 0.25) is 11.9 Å². The van der Waals surface area contributed by atoms with Crippen molar-refractivity contribution in [2.24, 2.45) is 5.92 Å². The second-order valence-electron chi connectivity index (χ2n) is 7.36. The van der Waals surface area contributed by atoms with Crippen molar-refractivity contribution in [2.75, 3.05) is 11.1 Å². The zero-order chi connectivity index (χ0) is 19.7.